The Hall–Kier alpha value is -1.88. The Bertz CT molecular complexity index is 448. The molecular formula is C14H21N3O2. The summed E-state index contributed by atoms with van der Waals surface area (Å²) in [4.78, 5) is 2.13. The average Bonchev–Trinajstić information content (AvgIpc) is 2.77. The maximum atomic E-state index is 10.1. The molecular weight excluding hydrogens is 242 g/mol. The van der Waals surface area contributed by atoms with E-state index in [9.17, 15) is 5.11 Å². The molecule has 0 aromatic heterocycles. The molecule has 5 nitrogen and oxygen atoms in total. The molecule has 2 rings (SSSR count). The van der Waals surface area contributed by atoms with Crippen LogP contribution in [0.1, 0.15) is 12.8 Å². The summed E-state index contributed by atoms with van der Waals surface area (Å²) in [7, 11) is 1.64. The van der Waals surface area contributed by atoms with Crippen molar-refractivity contribution in [1.29, 1.82) is 0 Å². The molecule has 4 N–H and O–H groups in total. The van der Waals surface area contributed by atoms with Gasteiger partial charge in [-0.25, -0.2) is 0 Å². The first-order valence-corrected chi connectivity index (χ1v) is 6.46. The summed E-state index contributed by atoms with van der Waals surface area (Å²) in [5, 5.41) is 13.1. The number of nitrogens with one attached hydrogen (secondary N) is 1. The van der Waals surface area contributed by atoms with Crippen molar-refractivity contribution in [3.8, 4) is 0 Å². The van der Waals surface area contributed by atoms with E-state index in [-0.39, 0.29) is 0 Å². The molecule has 104 valence electrons. The maximum absolute atomic E-state index is 10.1. The first-order chi connectivity index (χ1) is 9.19. The van der Waals surface area contributed by atoms with Crippen molar-refractivity contribution < 1.29 is 9.84 Å². The number of allylic oxidation sites excluding steroid dienone is 1. The SMILES string of the molecule is CO/C=C1\CCCN1CC(O)Nc1cccc(N)c1. The molecule has 1 aliphatic heterocycles. The molecule has 1 atom stereocenters. The van der Waals surface area contributed by atoms with Gasteiger partial charge >= 0.3 is 0 Å². The number of hydrogen-bond donors (Lipinski definition) is 3. The van der Waals surface area contributed by atoms with Crippen LogP contribution in [0.5, 0.6) is 0 Å². The fourth-order valence-corrected chi connectivity index (χ4v) is 2.31. The summed E-state index contributed by atoms with van der Waals surface area (Å²) in [6.07, 6.45) is 3.21. The van der Waals surface area contributed by atoms with Crippen molar-refractivity contribution in [2.24, 2.45) is 0 Å². The van der Waals surface area contributed by atoms with Gasteiger partial charge < -0.3 is 25.8 Å². The highest BCUT2D eigenvalue weighted by atomic mass is 16.5. The summed E-state index contributed by atoms with van der Waals surface area (Å²) < 4.78 is 5.05. The van der Waals surface area contributed by atoms with E-state index in [1.54, 1.807) is 19.4 Å². The number of anilines is 2. The minimum atomic E-state index is -0.639. The van der Waals surface area contributed by atoms with E-state index in [2.05, 4.69) is 10.2 Å². The molecule has 0 amide bonds. The van der Waals surface area contributed by atoms with E-state index in [1.165, 1.54) is 0 Å². The minimum absolute atomic E-state index is 0.532. The second kappa shape index (κ2) is 6.33. The van der Waals surface area contributed by atoms with Gasteiger partial charge in [0, 0.05) is 23.6 Å². The van der Waals surface area contributed by atoms with Crippen LogP contribution >= 0.6 is 0 Å². The first kappa shape index (κ1) is 13.5. The number of methoxy groups -OCH3 is 1. The Labute approximate surface area is 113 Å². The van der Waals surface area contributed by atoms with Crippen molar-refractivity contribution in [3.05, 3.63) is 36.2 Å². The largest absolute Gasteiger partial charge is 0.503 e. The van der Waals surface area contributed by atoms with Gasteiger partial charge in [-0.15, -0.1) is 0 Å². The fraction of sp³-hybridized carbons (Fsp3) is 0.429. The number of hydrogen-bond acceptors (Lipinski definition) is 5. The molecule has 0 spiro atoms. The van der Waals surface area contributed by atoms with Gasteiger partial charge in [0.15, 0.2) is 0 Å². The number of ether oxygens (including phenoxy) is 1. The number of aliphatic hydroxyl groups is 1. The second-order valence-corrected chi connectivity index (χ2v) is 4.68. The summed E-state index contributed by atoms with van der Waals surface area (Å²) in [5.41, 5.74) is 8.34. The van der Waals surface area contributed by atoms with Gasteiger partial charge in [0.1, 0.15) is 12.5 Å². The third-order valence-electron chi connectivity index (χ3n) is 3.13. The lowest BCUT2D eigenvalue weighted by atomic mass is 10.3. The molecule has 0 radical (unpaired) electrons. The van der Waals surface area contributed by atoms with E-state index in [0.717, 1.165) is 30.8 Å². The monoisotopic (exact) mass is 263 g/mol. The topological polar surface area (TPSA) is 70.8 Å². The van der Waals surface area contributed by atoms with Crippen molar-refractivity contribution >= 4 is 11.4 Å². The number of likely N-dealkylation sites (tertiary alicyclic amines) is 1. The lowest BCUT2D eigenvalue weighted by Crippen LogP contribution is -2.34. The number of rotatable bonds is 5. The fourth-order valence-electron chi connectivity index (χ4n) is 2.31. The second-order valence-electron chi connectivity index (χ2n) is 4.68. The van der Waals surface area contributed by atoms with Gasteiger partial charge in [0.25, 0.3) is 0 Å². The smallest absolute Gasteiger partial charge is 0.142 e. The molecule has 1 aromatic carbocycles. The average molecular weight is 263 g/mol. The summed E-state index contributed by atoms with van der Waals surface area (Å²) >= 11 is 0. The molecule has 5 heteroatoms. The molecule has 0 saturated carbocycles. The van der Waals surface area contributed by atoms with E-state index in [4.69, 9.17) is 10.5 Å². The van der Waals surface area contributed by atoms with E-state index < -0.39 is 6.23 Å². The molecule has 1 aliphatic rings. The zero-order chi connectivity index (χ0) is 13.7. The van der Waals surface area contributed by atoms with Crippen LogP contribution in [-0.4, -0.2) is 36.4 Å². The first-order valence-electron chi connectivity index (χ1n) is 6.46. The Kier molecular flexibility index (Phi) is 4.52. The number of β-amino-alcohol motifs (C(OH)–C–C–N with tert-alkyl or cyclic N) is 1. The third-order valence-corrected chi connectivity index (χ3v) is 3.13. The third kappa shape index (κ3) is 3.79. The normalized spacial score (nSPS) is 18.6. The van der Waals surface area contributed by atoms with E-state index in [1.807, 2.05) is 18.2 Å². The van der Waals surface area contributed by atoms with Crippen LogP contribution in [0.3, 0.4) is 0 Å². The highest BCUT2D eigenvalue weighted by Crippen LogP contribution is 2.21. The molecule has 1 aromatic rings. The van der Waals surface area contributed by atoms with Crippen LogP contribution in [0, 0.1) is 0 Å². The van der Waals surface area contributed by atoms with Crippen molar-refractivity contribution in [2.45, 2.75) is 19.1 Å². The number of aliphatic hydroxyl groups excluding tert-OH is 1. The number of nitrogens with zero attached hydrogens (tertiary/aromatic N) is 1. The lowest BCUT2D eigenvalue weighted by molar-refractivity contribution is 0.157. The van der Waals surface area contributed by atoms with Crippen LogP contribution < -0.4 is 11.1 Å². The molecule has 19 heavy (non-hydrogen) atoms. The van der Waals surface area contributed by atoms with Crippen LogP contribution in [0.2, 0.25) is 0 Å². The predicted octanol–water partition coefficient (Wildman–Crippen LogP) is 1.58. The number of nitrogen functional groups attached to an aromatic ring is 1. The van der Waals surface area contributed by atoms with Crippen molar-refractivity contribution in [2.75, 3.05) is 31.2 Å². The Morgan fingerprint density at radius 3 is 3.16 bits per heavy atom. The highest BCUT2D eigenvalue weighted by Gasteiger charge is 2.20. The van der Waals surface area contributed by atoms with Gasteiger partial charge in [-0.05, 0) is 31.0 Å². The lowest BCUT2D eigenvalue weighted by Gasteiger charge is -2.24. The van der Waals surface area contributed by atoms with Gasteiger partial charge in [0.05, 0.1) is 13.7 Å². The van der Waals surface area contributed by atoms with Crippen molar-refractivity contribution in [1.82, 2.24) is 4.90 Å². The molecule has 1 unspecified atom stereocenters. The van der Waals surface area contributed by atoms with Gasteiger partial charge in [-0.3, -0.25) is 0 Å². The number of nitrogens with two attached hydrogens (primary N) is 1. The van der Waals surface area contributed by atoms with Crippen LogP contribution in [0.25, 0.3) is 0 Å². The Balaban J connectivity index is 1.90. The van der Waals surface area contributed by atoms with Gasteiger partial charge in [0.2, 0.25) is 0 Å². The summed E-state index contributed by atoms with van der Waals surface area (Å²) in [6, 6.07) is 7.36. The molecule has 1 saturated heterocycles. The Morgan fingerprint density at radius 1 is 1.58 bits per heavy atom. The maximum Gasteiger partial charge on any atom is 0.142 e. The standard InChI is InChI=1S/C14H21N3O2/c1-19-10-13-6-3-7-17(13)9-14(18)16-12-5-2-4-11(15)8-12/h2,4-5,8,10,14,16,18H,3,6-7,9,15H2,1H3/b13-10+. The zero-order valence-corrected chi connectivity index (χ0v) is 11.2. The van der Waals surface area contributed by atoms with E-state index >= 15 is 0 Å². The quantitative estimate of drug-likeness (QED) is 0.427. The molecule has 1 heterocycles. The molecule has 0 aliphatic carbocycles. The predicted molar refractivity (Wildman–Crippen MR) is 76.4 cm³/mol. The minimum Gasteiger partial charge on any atom is -0.503 e. The van der Waals surface area contributed by atoms with Crippen LogP contribution in [0.4, 0.5) is 11.4 Å². The zero-order valence-electron chi connectivity index (χ0n) is 11.2. The summed E-state index contributed by atoms with van der Waals surface area (Å²) in [5.74, 6) is 0. The molecule has 0 bridgehead atoms. The van der Waals surface area contributed by atoms with Crippen LogP contribution in [-0.2, 0) is 4.74 Å². The van der Waals surface area contributed by atoms with Crippen molar-refractivity contribution in [3.63, 3.8) is 0 Å². The van der Waals surface area contributed by atoms with Gasteiger partial charge in [-0.2, -0.15) is 0 Å². The Morgan fingerprint density at radius 2 is 2.42 bits per heavy atom. The highest BCUT2D eigenvalue weighted by molar-refractivity contribution is 5.54. The van der Waals surface area contributed by atoms with Gasteiger partial charge in [-0.1, -0.05) is 6.07 Å². The van der Waals surface area contributed by atoms with E-state index in [0.29, 0.717) is 12.2 Å². The van der Waals surface area contributed by atoms with Crippen LogP contribution in [0.15, 0.2) is 36.2 Å². The molecule has 1 fully saturated rings. The summed E-state index contributed by atoms with van der Waals surface area (Å²) in [6.45, 7) is 1.48. The number of benzene rings is 1.